The lowest BCUT2D eigenvalue weighted by atomic mass is 9.81. The number of fused-ring (bicyclic) bond motifs is 1. The summed E-state index contributed by atoms with van der Waals surface area (Å²) in [5.74, 6) is 0. The lowest BCUT2D eigenvalue weighted by Crippen LogP contribution is -2.34. The third-order valence-corrected chi connectivity index (χ3v) is 5.44. The van der Waals surface area contributed by atoms with E-state index in [4.69, 9.17) is 0 Å². The van der Waals surface area contributed by atoms with Gasteiger partial charge in [0.15, 0.2) is 0 Å². The monoisotopic (exact) mass is 273 g/mol. The van der Waals surface area contributed by atoms with Crippen molar-refractivity contribution in [1.82, 2.24) is 5.32 Å². The van der Waals surface area contributed by atoms with Gasteiger partial charge in [0, 0.05) is 17.3 Å². The topological polar surface area (TPSA) is 12.0 Å². The fraction of sp³-hybridized carbons (Fsp3) is 0.529. The Morgan fingerprint density at radius 2 is 2.11 bits per heavy atom. The summed E-state index contributed by atoms with van der Waals surface area (Å²) in [4.78, 5) is 0. The molecule has 2 heteroatoms. The van der Waals surface area contributed by atoms with E-state index in [-0.39, 0.29) is 0 Å². The molecule has 1 N–H and O–H groups in total. The predicted molar refractivity (Wildman–Crippen MR) is 85.0 cm³/mol. The van der Waals surface area contributed by atoms with Crippen molar-refractivity contribution >= 4 is 21.4 Å². The molecule has 1 aromatic carbocycles. The first kappa shape index (κ1) is 13.1. The molecule has 1 aromatic heterocycles. The smallest absolute Gasteiger partial charge is 0.0345 e. The maximum atomic E-state index is 3.71. The van der Waals surface area contributed by atoms with Crippen molar-refractivity contribution in [2.45, 2.75) is 45.6 Å². The second-order valence-electron chi connectivity index (χ2n) is 6.25. The molecule has 3 rings (SSSR count). The first-order valence-electron chi connectivity index (χ1n) is 7.39. The zero-order valence-corrected chi connectivity index (χ0v) is 12.7. The van der Waals surface area contributed by atoms with Crippen LogP contribution in [0.15, 0.2) is 29.6 Å². The van der Waals surface area contributed by atoms with Gasteiger partial charge in [-0.3, -0.25) is 0 Å². The lowest BCUT2D eigenvalue weighted by Gasteiger charge is -2.28. The first-order chi connectivity index (χ1) is 9.20. The highest BCUT2D eigenvalue weighted by atomic mass is 32.1. The van der Waals surface area contributed by atoms with E-state index in [0.717, 1.165) is 12.6 Å². The molecule has 1 aliphatic rings. The minimum atomic E-state index is 0.381. The Bertz CT molecular complexity index is 555. The molecule has 0 bridgehead atoms. The van der Waals surface area contributed by atoms with Crippen LogP contribution >= 0.6 is 11.3 Å². The van der Waals surface area contributed by atoms with Gasteiger partial charge in [0.25, 0.3) is 0 Å². The fourth-order valence-electron chi connectivity index (χ4n) is 2.62. The van der Waals surface area contributed by atoms with Gasteiger partial charge >= 0.3 is 0 Å². The van der Waals surface area contributed by atoms with Crippen molar-refractivity contribution in [3.63, 3.8) is 0 Å². The zero-order chi connectivity index (χ0) is 13.3. The number of hydrogen-bond acceptors (Lipinski definition) is 2. The number of nitrogens with one attached hydrogen (secondary N) is 1. The van der Waals surface area contributed by atoms with Crippen LogP contribution < -0.4 is 5.32 Å². The molecule has 1 atom stereocenters. The standard InChI is InChI=1S/C17H23NS/c1-3-17(2,12-18-14-8-9-14)10-13-11-19-16-7-5-4-6-15(13)16/h4-7,11,14,18H,3,8-10,12H2,1-2H3. The van der Waals surface area contributed by atoms with Crippen molar-refractivity contribution in [3.05, 3.63) is 35.2 Å². The summed E-state index contributed by atoms with van der Waals surface area (Å²) in [6.07, 6.45) is 5.17. The molecule has 1 unspecified atom stereocenters. The van der Waals surface area contributed by atoms with Crippen LogP contribution in [0.1, 0.15) is 38.7 Å². The molecule has 19 heavy (non-hydrogen) atoms. The third kappa shape index (κ3) is 3.01. The summed E-state index contributed by atoms with van der Waals surface area (Å²) in [6.45, 7) is 5.90. The van der Waals surface area contributed by atoms with Crippen LogP contribution in [0.5, 0.6) is 0 Å². The normalized spacial score (nSPS) is 18.6. The maximum Gasteiger partial charge on any atom is 0.0345 e. The van der Waals surface area contributed by atoms with Gasteiger partial charge in [0.1, 0.15) is 0 Å². The summed E-state index contributed by atoms with van der Waals surface area (Å²) < 4.78 is 1.42. The number of hydrogen-bond donors (Lipinski definition) is 1. The fourth-order valence-corrected chi connectivity index (χ4v) is 3.58. The Hall–Kier alpha value is -0.860. The summed E-state index contributed by atoms with van der Waals surface area (Å²) in [5, 5.41) is 7.53. The van der Waals surface area contributed by atoms with Crippen LogP contribution in [0.3, 0.4) is 0 Å². The Morgan fingerprint density at radius 1 is 1.32 bits per heavy atom. The number of rotatable bonds is 6. The molecule has 0 saturated heterocycles. The molecule has 0 aliphatic heterocycles. The van der Waals surface area contributed by atoms with Crippen molar-refractivity contribution in [2.24, 2.45) is 5.41 Å². The quantitative estimate of drug-likeness (QED) is 0.810. The molecule has 0 amide bonds. The largest absolute Gasteiger partial charge is 0.313 e. The summed E-state index contributed by atoms with van der Waals surface area (Å²) in [7, 11) is 0. The average molecular weight is 273 g/mol. The van der Waals surface area contributed by atoms with Crippen LogP contribution in [0.4, 0.5) is 0 Å². The highest BCUT2D eigenvalue weighted by Crippen LogP contribution is 2.33. The summed E-state index contributed by atoms with van der Waals surface area (Å²) >= 11 is 1.88. The third-order valence-electron chi connectivity index (χ3n) is 4.43. The van der Waals surface area contributed by atoms with Crippen LogP contribution in [0, 0.1) is 5.41 Å². The highest BCUT2D eigenvalue weighted by molar-refractivity contribution is 7.17. The van der Waals surface area contributed by atoms with Crippen molar-refractivity contribution < 1.29 is 0 Å². The van der Waals surface area contributed by atoms with E-state index >= 15 is 0 Å². The SMILES string of the molecule is CCC(C)(CNC1CC1)Cc1csc2ccccc12. The van der Waals surface area contributed by atoms with Gasteiger partial charge < -0.3 is 5.32 Å². The van der Waals surface area contributed by atoms with Gasteiger partial charge in [0.05, 0.1) is 0 Å². The van der Waals surface area contributed by atoms with Gasteiger partial charge in [-0.25, -0.2) is 0 Å². The summed E-state index contributed by atoms with van der Waals surface area (Å²) in [5.41, 5.74) is 1.91. The second-order valence-corrected chi connectivity index (χ2v) is 7.16. The van der Waals surface area contributed by atoms with E-state index in [9.17, 15) is 0 Å². The van der Waals surface area contributed by atoms with E-state index in [2.05, 4.69) is 48.8 Å². The van der Waals surface area contributed by atoms with Crippen LogP contribution in [-0.4, -0.2) is 12.6 Å². The Balaban J connectivity index is 1.76. The average Bonchev–Trinajstić information content (AvgIpc) is 3.19. The molecule has 0 spiro atoms. The van der Waals surface area contributed by atoms with E-state index < -0.39 is 0 Å². The van der Waals surface area contributed by atoms with Gasteiger partial charge in [-0.15, -0.1) is 11.3 Å². The second kappa shape index (κ2) is 5.26. The van der Waals surface area contributed by atoms with E-state index in [1.807, 2.05) is 11.3 Å². The molecule has 2 aromatic rings. The lowest BCUT2D eigenvalue weighted by molar-refractivity contribution is 0.290. The first-order valence-corrected chi connectivity index (χ1v) is 8.27. The van der Waals surface area contributed by atoms with Crippen molar-refractivity contribution in [2.75, 3.05) is 6.54 Å². The Labute approximate surface area is 120 Å². The Kier molecular flexibility index (Phi) is 3.64. The molecule has 102 valence electrons. The molecular weight excluding hydrogens is 250 g/mol. The Morgan fingerprint density at radius 3 is 2.84 bits per heavy atom. The van der Waals surface area contributed by atoms with E-state index in [1.54, 1.807) is 0 Å². The van der Waals surface area contributed by atoms with Gasteiger partial charge in [-0.05, 0) is 53.5 Å². The number of benzene rings is 1. The highest BCUT2D eigenvalue weighted by Gasteiger charge is 2.28. The van der Waals surface area contributed by atoms with Gasteiger partial charge in [-0.2, -0.15) is 0 Å². The van der Waals surface area contributed by atoms with Crippen molar-refractivity contribution in [3.8, 4) is 0 Å². The van der Waals surface area contributed by atoms with Crippen molar-refractivity contribution in [1.29, 1.82) is 0 Å². The van der Waals surface area contributed by atoms with Gasteiger partial charge in [0.2, 0.25) is 0 Å². The maximum absolute atomic E-state index is 3.71. The van der Waals surface area contributed by atoms with Crippen LogP contribution in [-0.2, 0) is 6.42 Å². The van der Waals surface area contributed by atoms with Crippen LogP contribution in [0.2, 0.25) is 0 Å². The number of thiophene rings is 1. The molecule has 1 saturated carbocycles. The van der Waals surface area contributed by atoms with E-state index in [1.165, 1.54) is 41.3 Å². The minimum Gasteiger partial charge on any atom is -0.313 e. The summed E-state index contributed by atoms with van der Waals surface area (Å²) in [6, 6.07) is 9.60. The minimum absolute atomic E-state index is 0.381. The molecular formula is C17H23NS. The molecule has 1 aliphatic carbocycles. The van der Waals surface area contributed by atoms with E-state index in [0.29, 0.717) is 5.41 Å². The molecule has 0 radical (unpaired) electrons. The molecule has 1 heterocycles. The molecule has 1 fully saturated rings. The van der Waals surface area contributed by atoms with Gasteiger partial charge in [-0.1, -0.05) is 32.0 Å². The predicted octanol–water partition coefficient (Wildman–Crippen LogP) is 4.61. The zero-order valence-electron chi connectivity index (χ0n) is 11.9. The van der Waals surface area contributed by atoms with Crippen LogP contribution in [0.25, 0.3) is 10.1 Å². The molecule has 1 nitrogen and oxygen atoms in total.